The van der Waals surface area contributed by atoms with Gasteiger partial charge in [-0.1, -0.05) is 29.3 Å². The Morgan fingerprint density at radius 3 is 2.50 bits per heavy atom. The van der Waals surface area contributed by atoms with Gasteiger partial charge in [-0.3, -0.25) is 0 Å². The smallest absolute Gasteiger partial charge is 0.119 e. The van der Waals surface area contributed by atoms with E-state index in [1.165, 1.54) is 0 Å². The van der Waals surface area contributed by atoms with Gasteiger partial charge in [-0.15, -0.1) is 0 Å². The Balaban J connectivity index is 2.26. The van der Waals surface area contributed by atoms with Crippen LogP contribution in [0.15, 0.2) is 28.7 Å². The second-order valence-electron chi connectivity index (χ2n) is 3.93. The zero-order valence-electron chi connectivity index (χ0n) is 9.66. The van der Waals surface area contributed by atoms with E-state index in [2.05, 4.69) is 22.9 Å². The van der Waals surface area contributed by atoms with Crippen molar-refractivity contribution in [3.63, 3.8) is 0 Å². The average molecular weight is 287 g/mol. The predicted molar refractivity (Wildman–Crippen MR) is 69.7 cm³/mol. The molecular weight excluding hydrogens is 268 g/mol. The molecule has 1 unspecified atom stereocenters. The summed E-state index contributed by atoms with van der Waals surface area (Å²) >= 11 is 3.38. The van der Waals surface area contributed by atoms with Gasteiger partial charge in [-0.2, -0.15) is 0 Å². The van der Waals surface area contributed by atoms with Gasteiger partial charge >= 0.3 is 0 Å². The van der Waals surface area contributed by atoms with Crippen molar-refractivity contribution in [2.75, 3.05) is 13.2 Å². The Morgan fingerprint density at radius 1 is 1.25 bits per heavy atom. The lowest BCUT2D eigenvalue weighted by Crippen LogP contribution is -2.10. The van der Waals surface area contributed by atoms with Gasteiger partial charge in [-0.25, -0.2) is 0 Å². The number of hydrogen-bond donors (Lipinski definition) is 1. The van der Waals surface area contributed by atoms with Gasteiger partial charge in [0.05, 0.1) is 6.61 Å². The molecule has 1 rings (SSSR count). The second kappa shape index (κ2) is 7.69. The van der Waals surface area contributed by atoms with Crippen LogP contribution in [0.4, 0.5) is 0 Å². The molecular formula is C13H19BrO2. The topological polar surface area (TPSA) is 29.5 Å². The van der Waals surface area contributed by atoms with E-state index >= 15 is 0 Å². The number of hydrogen-bond acceptors (Lipinski definition) is 2. The van der Waals surface area contributed by atoms with E-state index in [0.29, 0.717) is 12.5 Å². The van der Waals surface area contributed by atoms with E-state index in [9.17, 15) is 0 Å². The SMILES string of the molecule is CCCC(CO)CCOc1ccc(Br)cc1. The molecule has 0 aliphatic heterocycles. The van der Waals surface area contributed by atoms with Crippen molar-refractivity contribution in [2.45, 2.75) is 26.2 Å². The number of rotatable bonds is 7. The van der Waals surface area contributed by atoms with Gasteiger partial charge in [-0.05, 0) is 43.0 Å². The summed E-state index contributed by atoms with van der Waals surface area (Å²) < 4.78 is 6.66. The molecule has 3 heteroatoms. The summed E-state index contributed by atoms with van der Waals surface area (Å²) in [5.41, 5.74) is 0. The van der Waals surface area contributed by atoms with E-state index in [4.69, 9.17) is 9.84 Å². The standard InChI is InChI=1S/C13H19BrO2/c1-2-3-11(10-15)8-9-16-13-6-4-12(14)5-7-13/h4-7,11,15H,2-3,8-10H2,1H3. The van der Waals surface area contributed by atoms with Gasteiger partial charge in [0.1, 0.15) is 5.75 Å². The minimum atomic E-state index is 0.261. The Labute approximate surface area is 106 Å². The summed E-state index contributed by atoms with van der Waals surface area (Å²) in [7, 11) is 0. The van der Waals surface area contributed by atoms with Crippen molar-refractivity contribution < 1.29 is 9.84 Å². The summed E-state index contributed by atoms with van der Waals surface area (Å²) in [4.78, 5) is 0. The maximum atomic E-state index is 9.13. The summed E-state index contributed by atoms with van der Waals surface area (Å²) in [6, 6.07) is 7.81. The predicted octanol–water partition coefficient (Wildman–Crippen LogP) is 3.63. The van der Waals surface area contributed by atoms with Crippen molar-refractivity contribution in [3.05, 3.63) is 28.7 Å². The Morgan fingerprint density at radius 2 is 1.94 bits per heavy atom. The highest BCUT2D eigenvalue weighted by molar-refractivity contribution is 9.10. The third-order valence-electron chi connectivity index (χ3n) is 2.56. The molecule has 1 N–H and O–H groups in total. The largest absolute Gasteiger partial charge is 0.494 e. The third kappa shape index (κ3) is 4.99. The van der Waals surface area contributed by atoms with Crippen molar-refractivity contribution in [1.82, 2.24) is 0 Å². The number of aliphatic hydroxyl groups excluding tert-OH is 1. The first-order chi connectivity index (χ1) is 7.76. The third-order valence-corrected chi connectivity index (χ3v) is 3.09. The number of aliphatic hydroxyl groups is 1. The molecule has 16 heavy (non-hydrogen) atoms. The van der Waals surface area contributed by atoms with Crippen LogP contribution in [0.25, 0.3) is 0 Å². The Hall–Kier alpha value is -0.540. The van der Waals surface area contributed by atoms with Crippen molar-refractivity contribution in [3.8, 4) is 5.75 Å². The molecule has 0 bridgehead atoms. The lowest BCUT2D eigenvalue weighted by atomic mass is 10.0. The minimum Gasteiger partial charge on any atom is -0.494 e. The van der Waals surface area contributed by atoms with Gasteiger partial charge in [0, 0.05) is 11.1 Å². The van der Waals surface area contributed by atoms with Crippen LogP contribution >= 0.6 is 15.9 Å². The molecule has 0 aromatic heterocycles. The summed E-state index contributed by atoms with van der Waals surface area (Å²) in [5, 5.41) is 9.13. The number of halogens is 1. The van der Waals surface area contributed by atoms with E-state index in [1.807, 2.05) is 24.3 Å². The molecule has 0 saturated heterocycles. The van der Waals surface area contributed by atoms with E-state index in [1.54, 1.807) is 0 Å². The molecule has 0 radical (unpaired) electrons. The second-order valence-corrected chi connectivity index (χ2v) is 4.84. The van der Waals surface area contributed by atoms with Gasteiger partial charge < -0.3 is 9.84 Å². The van der Waals surface area contributed by atoms with Crippen LogP contribution in [0.1, 0.15) is 26.2 Å². The van der Waals surface area contributed by atoms with Crippen molar-refractivity contribution in [1.29, 1.82) is 0 Å². The molecule has 0 amide bonds. The Bertz CT molecular complexity index is 284. The molecule has 0 fully saturated rings. The number of ether oxygens (including phenoxy) is 1. The molecule has 0 saturated carbocycles. The van der Waals surface area contributed by atoms with Crippen LogP contribution in [0.5, 0.6) is 5.75 Å². The monoisotopic (exact) mass is 286 g/mol. The van der Waals surface area contributed by atoms with Gasteiger partial charge in [0.15, 0.2) is 0 Å². The molecule has 2 nitrogen and oxygen atoms in total. The summed E-state index contributed by atoms with van der Waals surface area (Å²) in [5.74, 6) is 1.26. The molecule has 0 heterocycles. The Kier molecular flexibility index (Phi) is 6.50. The van der Waals surface area contributed by atoms with E-state index < -0.39 is 0 Å². The maximum Gasteiger partial charge on any atom is 0.119 e. The fourth-order valence-corrected chi connectivity index (χ4v) is 1.87. The molecule has 1 aromatic rings. The lowest BCUT2D eigenvalue weighted by molar-refractivity contribution is 0.183. The highest BCUT2D eigenvalue weighted by Gasteiger charge is 2.06. The van der Waals surface area contributed by atoms with E-state index in [0.717, 1.165) is 29.5 Å². The fraction of sp³-hybridized carbons (Fsp3) is 0.538. The maximum absolute atomic E-state index is 9.13. The first-order valence-corrected chi connectivity index (χ1v) is 6.54. The van der Waals surface area contributed by atoms with Crippen LogP contribution < -0.4 is 4.74 Å². The molecule has 0 spiro atoms. The minimum absolute atomic E-state index is 0.261. The molecule has 1 atom stereocenters. The zero-order valence-corrected chi connectivity index (χ0v) is 11.2. The highest BCUT2D eigenvalue weighted by Crippen LogP contribution is 2.17. The molecule has 0 aliphatic rings. The molecule has 1 aromatic carbocycles. The first kappa shape index (κ1) is 13.5. The quantitative estimate of drug-likeness (QED) is 0.830. The van der Waals surface area contributed by atoms with Crippen molar-refractivity contribution in [2.24, 2.45) is 5.92 Å². The van der Waals surface area contributed by atoms with Gasteiger partial charge in [0.2, 0.25) is 0 Å². The summed E-state index contributed by atoms with van der Waals surface area (Å²) in [6.07, 6.45) is 3.10. The normalized spacial score (nSPS) is 12.4. The molecule has 90 valence electrons. The number of benzene rings is 1. The first-order valence-electron chi connectivity index (χ1n) is 5.75. The molecule has 0 aliphatic carbocycles. The van der Waals surface area contributed by atoms with Crippen LogP contribution in [0.2, 0.25) is 0 Å². The lowest BCUT2D eigenvalue weighted by Gasteiger charge is -2.13. The van der Waals surface area contributed by atoms with Crippen molar-refractivity contribution >= 4 is 15.9 Å². The highest BCUT2D eigenvalue weighted by atomic mass is 79.9. The van der Waals surface area contributed by atoms with Crippen LogP contribution in [0, 0.1) is 5.92 Å². The average Bonchev–Trinajstić information content (AvgIpc) is 2.30. The van der Waals surface area contributed by atoms with E-state index in [-0.39, 0.29) is 6.61 Å². The van der Waals surface area contributed by atoms with Crippen LogP contribution in [-0.4, -0.2) is 18.3 Å². The van der Waals surface area contributed by atoms with Crippen LogP contribution in [0.3, 0.4) is 0 Å². The summed E-state index contributed by atoms with van der Waals surface area (Å²) in [6.45, 7) is 3.07. The fourth-order valence-electron chi connectivity index (χ4n) is 1.61. The zero-order chi connectivity index (χ0) is 11.8. The van der Waals surface area contributed by atoms with Gasteiger partial charge in [0.25, 0.3) is 0 Å². The van der Waals surface area contributed by atoms with Crippen LogP contribution in [-0.2, 0) is 0 Å².